The molecule has 0 radical (unpaired) electrons. The Balaban J connectivity index is 3.03. The second-order valence-corrected chi connectivity index (χ2v) is 10.4. The Morgan fingerprint density at radius 3 is 1.85 bits per heavy atom. The second-order valence-electron chi connectivity index (χ2n) is 10.4. The molecule has 1 rings (SSSR count). The van der Waals surface area contributed by atoms with E-state index in [1.807, 2.05) is 18.2 Å². The van der Waals surface area contributed by atoms with Gasteiger partial charge in [0.05, 0.1) is 0 Å². The lowest BCUT2D eigenvalue weighted by Gasteiger charge is -2.18. The predicted molar refractivity (Wildman–Crippen MR) is 137 cm³/mol. The molecule has 0 saturated heterocycles. The maximum Gasteiger partial charge on any atom is 0.311 e. The number of unbranched alkanes of at least 4 members (excludes halogenated alkanes) is 2. The number of allylic oxidation sites excluding steroid dienone is 1. The Morgan fingerprint density at radius 1 is 0.818 bits per heavy atom. The molecule has 4 nitrogen and oxygen atoms in total. The Bertz CT molecular complexity index is 746. The van der Waals surface area contributed by atoms with Crippen LogP contribution in [0.2, 0.25) is 0 Å². The van der Waals surface area contributed by atoms with E-state index in [9.17, 15) is 9.59 Å². The predicted octanol–water partition coefficient (Wildman–Crippen LogP) is 7.86. The van der Waals surface area contributed by atoms with Crippen LogP contribution in [0.25, 0.3) is 0 Å². The van der Waals surface area contributed by atoms with Gasteiger partial charge in [-0.25, -0.2) is 0 Å². The van der Waals surface area contributed by atoms with Gasteiger partial charge >= 0.3 is 11.9 Å². The quantitative estimate of drug-likeness (QED) is 0.109. The van der Waals surface area contributed by atoms with Crippen LogP contribution in [-0.4, -0.2) is 11.9 Å². The molecule has 4 heteroatoms. The summed E-state index contributed by atoms with van der Waals surface area (Å²) >= 11 is 0. The van der Waals surface area contributed by atoms with E-state index in [0.29, 0.717) is 48.5 Å². The van der Waals surface area contributed by atoms with Crippen LogP contribution in [0.1, 0.15) is 104 Å². The summed E-state index contributed by atoms with van der Waals surface area (Å²) in [7, 11) is 0. The zero-order chi connectivity index (χ0) is 24.8. The Kier molecular flexibility index (Phi) is 13.8. The van der Waals surface area contributed by atoms with Gasteiger partial charge in [-0.05, 0) is 60.6 Å². The van der Waals surface area contributed by atoms with Crippen molar-refractivity contribution in [3.8, 4) is 11.5 Å². The molecule has 0 bridgehead atoms. The first-order valence-electron chi connectivity index (χ1n) is 12.8. The van der Waals surface area contributed by atoms with E-state index in [1.54, 1.807) is 0 Å². The zero-order valence-electron chi connectivity index (χ0n) is 21.9. The normalized spacial score (nSPS) is 11.3. The van der Waals surface area contributed by atoms with Gasteiger partial charge in [-0.15, -0.1) is 6.58 Å². The highest BCUT2D eigenvalue weighted by atomic mass is 16.6. The molecule has 0 aliphatic heterocycles. The van der Waals surface area contributed by atoms with Crippen LogP contribution in [0.15, 0.2) is 24.8 Å². The molecule has 0 fully saturated rings. The number of carbonyl (C=O) groups is 2. The minimum atomic E-state index is -0.278. The molecule has 0 aromatic heterocycles. The maximum absolute atomic E-state index is 12.6. The summed E-state index contributed by atoms with van der Waals surface area (Å²) in [5, 5.41) is 0. The van der Waals surface area contributed by atoms with Crippen molar-refractivity contribution < 1.29 is 19.1 Å². The lowest BCUT2D eigenvalue weighted by Crippen LogP contribution is -2.14. The fraction of sp³-hybridized carbons (Fsp3) is 0.655. The van der Waals surface area contributed by atoms with Gasteiger partial charge in [0, 0.05) is 12.8 Å². The van der Waals surface area contributed by atoms with E-state index in [1.165, 1.54) is 0 Å². The smallest absolute Gasteiger partial charge is 0.311 e. The van der Waals surface area contributed by atoms with Crippen LogP contribution in [0, 0.1) is 17.8 Å². The Labute approximate surface area is 202 Å². The van der Waals surface area contributed by atoms with Gasteiger partial charge in [0.2, 0.25) is 0 Å². The third-order valence-electron chi connectivity index (χ3n) is 5.46. The Hall–Kier alpha value is -2.10. The molecular formula is C29H46O4. The first kappa shape index (κ1) is 28.9. The molecule has 33 heavy (non-hydrogen) atoms. The van der Waals surface area contributed by atoms with Crippen LogP contribution in [0.4, 0.5) is 0 Å². The lowest BCUT2D eigenvalue weighted by molar-refractivity contribution is -0.137. The number of benzene rings is 1. The van der Waals surface area contributed by atoms with Crippen molar-refractivity contribution in [1.82, 2.24) is 0 Å². The van der Waals surface area contributed by atoms with E-state index in [0.717, 1.165) is 56.1 Å². The van der Waals surface area contributed by atoms with Crippen molar-refractivity contribution in [3.05, 3.63) is 35.9 Å². The lowest BCUT2D eigenvalue weighted by atomic mass is 9.98. The highest BCUT2D eigenvalue weighted by Gasteiger charge is 2.20. The minimum absolute atomic E-state index is 0.269. The van der Waals surface area contributed by atoms with Crippen molar-refractivity contribution in [1.29, 1.82) is 0 Å². The number of hydrogen-bond acceptors (Lipinski definition) is 4. The number of esters is 2. The molecule has 0 amide bonds. The van der Waals surface area contributed by atoms with Crippen molar-refractivity contribution in [2.45, 2.75) is 106 Å². The standard InChI is InChI=1S/C29H46O4/c1-8-13-24-19-25(18-23(6)7)29(33-28(31)17-12-10-15-22(4)5)26(20-24)32-27(30)16-11-9-14-21(2)3/h8,19-23H,1,9-18H2,2-7H3. The van der Waals surface area contributed by atoms with Crippen LogP contribution in [0.5, 0.6) is 11.5 Å². The fourth-order valence-electron chi connectivity index (χ4n) is 3.77. The van der Waals surface area contributed by atoms with Crippen LogP contribution >= 0.6 is 0 Å². The van der Waals surface area contributed by atoms with Gasteiger partial charge in [0.15, 0.2) is 11.5 Å². The molecule has 0 atom stereocenters. The maximum atomic E-state index is 12.6. The second kappa shape index (κ2) is 15.7. The van der Waals surface area contributed by atoms with Gasteiger partial charge in [-0.3, -0.25) is 9.59 Å². The molecule has 0 unspecified atom stereocenters. The van der Waals surface area contributed by atoms with E-state index in [-0.39, 0.29) is 11.9 Å². The zero-order valence-corrected chi connectivity index (χ0v) is 21.9. The fourth-order valence-corrected chi connectivity index (χ4v) is 3.77. The molecule has 0 aliphatic carbocycles. The number of rotatable bonds is 16. The summed E-state index contributed by atoms with van der Waals surface area (Å²) in [6.07, 6.45) is 9.75. The van der Waals surface area contributed by atoms with Crippen molar-refractivity contribution >= 4 is 11.9 Å². The highest BCUT2D eigenvalue weighted by molar-refractivity contribution is 5.77. The third kappa shape index (κ3) is 12.6. The molecular weight excluding hydrogens is 412 g/mol. The molecule has 1 aromatic carbocycles. The SMILES string of the molecule is C=CCc1cc(CC(C)C)c(OC(=O)CCCCC(C)C)c(OC(=O)CCCCC(C)C)c1. The summed E-state index contributed by atoms with van der Waals surface area (Å²) < 4.78 is 11.6. The molecule has 0 N–H and O–H groups in total. The van der Waals surface area contributed by atoms with Gasteiger partial charge < -0.3 is 9.47 Å². The van der Waals surface area contributed by atoms with Gasteiger partial charge in [0.1, 0.15) is 0 Å². The summed E-state index contributed by atoms with van der Waals surface area (Å²) in [5.41, 5.74) is 1.91. The van der Waals surface area contributed by atoms with Gasteiger partial charge in [-0.1, -0.05) is 79.4 Å². The number of ether oxygens (including phenoxy) is 2. The Morgan fingerprint density at radius 2 is 1.36 bits per heavy atom. The first-order valence-corrected chi connectivity index (χ1v) is 12.8. The molecule has 0 spiro atoms. The summed E-state index contributed by atoms with van der Waals surface area (Å²) in [6.45, 7) is 16.8. The highest BCUT2D eigenvalue weighted by Crippen LogP contribution is 2.36. The molecule has 186 valence electrons. The molecule has 0 heterocycles. The van der Waals surface area contributed by atoms with Crippen molar-refractivity contribution in [3.63, 3.8) is 0 Å². The minimum Gasteiger partial charge on any atom is -0.422 e. The van der Waals surface area contributed by atoms with E-state index in [2.05, 4.69) is 48.1 Å². The van der Waals surface area contributed by atoms with Gasteiger partial charge in [-0.2, -0.15) is 0 Å². The van der Waals surface area contributed by atoms with E-state index in [4.69, 9.17) is 9.47 Å². The average Bonchev–Trinajstić information content (AvgIpc) is 2.70. The largest absolute Gasteiger partial charge is 0.422 e. The number of carbonyl (C=O) groups excluding carboxylic acids is 2. The van der Waals surface area contributed by atoms with E-state index >= 15 is 0 Å². The topological polar surface area (TPSA) is 52.6 Å². The van der Waals surface area contributed by atoms with Crippen LogP contribution in [0.3, 0.4) is 0 Å². The van der Waals surface area contributed by atoms with Crippen LogP contribution in [-0.2, 0) is 22.4 Å². The van der Waals surface area contributed by atoms with Gasteiger partial charge in [0.25, 0.3) is 0 Å². The molecule has 1 aromatic rings. The van der Waals surface area contributed by atoms with E-state index < -0.39 is 0 Å². The number of hydrogen-bond donors (Lipinski definition) is 0. The van der Waals surface area contributed by atoms with Crippen molar-refractivity contribution in [2.75, 3.05) is 0 Å². The van der Waals surface area contributed by atoms with Crippen molar-refractivity contribution in [2.24, 2.45) is 17.8 Å². The molecule has 0 aliphatic rings. The summed E-state index contributed by atoms with van der Waals surface area (Å²) in [4.78, 5) is 25.2. The molecule has 0 saturated carbocycles. The summed E-state index contributed by atoms with van der Waals surface area (Å²) in [5.74, 6) is 1.83. The average molecular weight is 459 g/mol. The first-order chi connectivity index (χ1) is 15.6. The third-order valence-corrected chi connectivity index (χ3v) is 5.46. The van der Waals surface area contributed by atoms with Crippen LogP contribution < -0.4 is 9.47 Å². The summed E-state index contributed by atoms with van der Waals surface area (Å²) in [6, 6.07) is 3.86. The monoisotopic (exact) mass is 458 g/mol.